The largest absolute Gasteiger partial charge is 0.361 e. The minimum absolute atomic E-state index is 0.0268. The lowest BCUT2D eigenvalue weighted by atomic mass is 10.1. The number of hydrogen-bond donors (Lipinski definition) is 2. The molecular formula is C17H19N5O. The van der Waals surface area contributed by atoms with E-state index in [9.17, 15) is 4.79 Å². The van der Waals surface area contributed by atoms with Gasteiger partial charge in [0.2, 0.25) is 0 Å². The first kappa shape index (κ1) is 14.0. The Labute approximate surface area is 133 Å². The van der Waals surface area contributed by atoms with Crippen molar-refractivity contribution >= 4 is 16.8 Å². The van der Waals surface area contributed by atoms with Gasteiger partial charge in [-0.3, -0.25) is 4.79 Å². The maximum absolute atomic E-state index is 12.5. The molecule has 0 aliphatic carbocycles. The Morgan fingerprint density at radius 3 is 3.17 bits per heavy atom. The average molecular weight is 309 g/mol. The van der Waals surface area contributed by atoms with Crippen molar-refractivity contribution in [1.82, 2.24) is 25.1 Å². The van der Waals surface area contributed by atoms with E-state index in [2.05, 4.69) is 32.0 Å². The van der Waals surface area contributed by atoms with E-state index in [0.717, 1.165) is 48.4 Å². The van der Waals surface area contributed by atoms with Crippen molar-refractivity contribution in [3.05, 3.63) is 47.7 Å². The van der Waals surface area contributed by atoms with E-state index in [4.69, 9.17) is 0 Å². The van der Waals surface area contributed by atoms with Crippen LogP contribution in [-0.4, -0.2) is 31.7 Å². The van der Waals surface area contributed by atoms with E-state index in [1.807, 2.05) is 30.5 Å². The van der Waals surface area contributed by atoms with Crippen LogP contribution in [0.1, 0.15) is 35.4 Å². The van der Waals surface area contributed by atoms with E-state index >= 15 is 0 Å². The molecule has 0 saturated carbocycles. The van der Waals surface area contributed by atoms with E-state index in [-0.39, 0.29) is 11.9 Å². The summed E-state index contributed by atoms with van der Waals surface area (Å²) in [5.41, 5.74) is 1.67. The highest BCUT2D eigenvalue weighted by Crippen LogP contribution is 2.17. The molecule has 2 aromatic heterocycles. The van der Waals surface area contributed by atoms with E-state index in [1.165, 1.54) is 0 Å². The molecule has 1 aromatic carbocycles. The molecule has 1 aliphatic heterocycles. The summed E-state index contributed by atoms with van der Waals surface area (Å²) in [4.78, 5) is 15.7. The molecule has 2 N–H and O–H groups in total. The maximum atomic E-state index is 12.5. The van der Waals surface area contributed by atoms with Gasteiger partial charge < -0.3 is 14.9 Å². The molecule has 0 unspecified atom stereocenters. The molecule has 0 bridgehead atoms. The summed E-state index contributed by atoms with van der Waals surface area (Å²) in [6, 6.07) is 7.85. The second-order valence-electron chi connectivity index (χ2n) is 5.99. The molecule has 4 rings (SSSR count). The predicted molar refractivity (Wildman–Crippen MR) is 87.3 cm³/mol. The van der Waals surface area contributed by atoms with E-state index in [1.54, 1.807) is 0 Å². The summed E-state index contributed by atoms with van der Waals surface area (Å²) in [5, 5.41) is 12.7. The van der Waals surface area contributed by atoms with Crippen LogP contribution in [0.25, 0.3) is 10.9 Å². The highest BCUT2D eigenvalue weighted by molar-refractivity contribution is 5.98. The number of aryl methyl sites for hydroxylation is 2. The van der Waals surface area contributed by atoms with Crippen LogP contribution in [0.3, 0.4) is 0 Å². The van der Waals surface area contributed by atoms with Crippen LogP contribution in [0.15, 0.2) is 30.5 Å². The number of aromatic amines is 1. The van der Waals surface area contributed by atoms with Crippen LogP contribution >= 0.6 is 0 Å². The fourth-order valence-electron chi connectivity index (χ4n) is 3.22. The van der Waals surface area contributed by atoms with Gasteiger partial charge in [0.05, 0.1) is 0 Å². The second-order valence-corrected chi connectivity index (χ2v) is 5.99. The van der Waals surface area contributed by atoms with Crippen molar-refractivity contribution in [2.45, 2.75) is 38.8 Å². The Bertz CT molecular complexity index is 849. The van der Waals surface area contributed by atoms with Gasteiger partial charge in [-0.1, -0.05) is 13.0 Å². The van der Waals surface area contributed by atoms with Crippen molar-refractivity contribution < 1.29 is 4.79 Å². The second kappa shape index (κ2) is 5.53. The Balaban J connectivity index is 1.50. The molecule has 3 aromatic rings. The van der Waals surface area contributed by atoms with Crippen LogP contribution < -0.4 is 5.32 Å². The normalized spacial score (nSPS) is 17.2. The van der Waals surface area contributed by atoms with Crippen molar-refractivity contribution in [1.29, 1.82) is 0 Å². The third-order valence-corrected chi connectivity index (χ3v) is 4.49. The zero-order chi connectivity index (χ0) is 15.8. The van der Waals surface area contributed by atoms with Gasteiger partial charge in [-0.25, -0.2) is 0 Å². The SMILES string of the molecule is CCc1nnc2n1C[C@@H](NC(=O)c1ccc3cc[nH]c3c1)CC2. The number of aromatic nitrogens is 4. The fourth-order valence-corrected chi connectivity index (χ4v) is 3.22. The number of hydrogen-bond acceptors (Lipinski definition) is 3. The monoisotopic (exact) mass is 309 g/mol. The molecule has 6 nitrogen and oxygen atoms in total. The summed E-state index contributed by atoms with van der Waals surface area (Å²) in [7, 11) is 0. The first-order valence-corrected chi connectivity index (χ1v) is 8.03. The third-order valence-electron chi connectivity index (χ3n) is 4.49. The topological polar surface area (TPSA) is 75.6 Å². The molecule has 23 heavy (non-hydrogen) atoms. The van der Waals surface area contributed by atoms with Gasteiger partial charge in [-0.2, -0.15) is 0 Å². The molecule has 3 heterocycles. The Hall–Kier alpha value is -2.63. The number of H-pyrrole nitrogens is 1. The molecule has 1 atom stereocenters. The zero-order valence-corrected chi connectivity index (χ0v) is 13.0. The Morgan fingerprint density at radius 1 is 1.39 bits per heavy atom. The zero-order valence-electron chi connectivity index (χ0n) is 13.0. The van der Waals surface area contributed by atoms with Gasteiger partial charge in [-0.15, -0.1) is 10.2 Å². The standard InChI is InChI=1S/C17H19N5O/c1-2-15-20-21-16-6-5-13(10-22(15)16)19-17(23)12-4-3-11-7-8-18-14(11)9-12/h3-4,7-9,13,18H,2,5-6,10H2,1H3,(H,19,23)/t13-/m0/s1. The van der Waals surface area contributed by atoms with Crippen molar-refractivity contribution in [3.63, 3.8) is 0 Å². The number of nitrogens with zero attached hydrogens (tertiary/aromatic N) is 3. The van der Waals surface area contributed by atoms with Gasteiger partial charge in [0.25, 0.3) is 5.91 Å². The molecule has 118 valence electrons. The number of rotatable bonds is 3. The summed E-state index contributed by atoms with van der Waals surface area (Å²) < 4.78 is 2.14. The molecule has 1 amide bonds. The Kier molecular flexibility index (Phi) is 3.37. The smallest absolute Gasteiger partial charge is 0.251 e. The molecule has 1 aliphatic rings. The first-order valence-electron chi connectivity index (χ1n) is 8.03. The molecule has 0 spiro atoms. The van der Waals surface area contributed by atoms with Gasteiger partial charge in [0.15, 0.2) is 0 Å². The van der Waals surface area contributed by atoms with Gasteiger partial charge >= 0.3 is 0 Å². The van der Waals surface area contributed by atoms with E-state index < -0.39 is 0 Å². The number of carbonyl (C=O) groups is 1. The van der Waals surface area contributed by atoms with Crippen LogP contribution in [0.4, 0.5) is 0 Å². The van der Waals surface area contributed by atoms with Gasteiger partial charge in [-0.05, 0) is 30.0 Å². The third kappa shape index (κ3) is 2.50. The fraction of sp³-hybridized carbons (Fsp3) is 0.353. The van der Waals surface area contributed by atoms with Crippen molar-refractivity contribution in [3.8, 4) is 0 Å². The summed E-state index contributed by atoms with van der Waals surface area (Å²) in [5.74, 6) is 1.99. The van der Waals surface area contributed by atoms with E-state index in [0.29, 0.717) is 5.56 Å². The van der Waals surface area contributed by atoms with Gasteiger partial charge in [0, 0.05) is 42.7 Å². The first-order chi connectivity index (χ1) is 11.2. The minimum Gasteiger partial charge on any atom is -0.361 e. The number of benzene rings is 1. The number of amides is 1. The maximum Gasteiger partial charge on any atom is 0.251 e. The lowest BCUT2D eigenvalue weighted by molar-refractivity contribution is 0.0927. The van der Waals surface area contributed by atoms with Crippen LogP contribution in [-0.2, 0) is 19.4 Å². The molecule has 0 fully saturated rings. The lowest BCUT2D eigenvalue weighted by Gasteiger charge is -2.25. The minimum atomic E-state index is -0.0268. The van der Waals surface area contributed by atoms with Gasteiger partial charge in [0.1, 0.15) is 11.6 Å². The highest BCUT2D eigenvalue weighted by atomic mass is 16.1. The van der Waals surface area contributed by atoms with Crippen LogP contribution in [0, 0.1) is 0 Å². The Morgan fingerprint density at radius 2 is 2.30 bits per heavy atom. The summed E-state index contributed by atoms with van der Waals surface area (Å²) in [6.45, 7) is 2.83. The summed E-state index contributed by atoms with van der Waals surface area (Å²) >= 11 is 0. The molecule has 6 heteroatoms. The number of fused-ring (bicyclic) bond motifs is 2. The average Bonchev–Trinajstić information content (AvgIpc) is 3.20. The van der Waals surface area contributed by atoms with Crippen molar-refractivity contribution in [2.75, 3.05) is 0 Å². The highest BCUT2D eigenvalue weighted by Gasteiger charge is 2.23. The molecule has 0 saturated heterocycles. The number of nitrogens with one attached hydrogen (secondary N) is 2. The molecule has 0 radical (unpaired) electrons. The van der Waals surface area contributed by atoms with Crippen molar-refractivity contribution in [2.24, 2.45) is 0 Å². The molecular weight excluding hydrogens is 290 g/mol. The van der Waals surface area contributed by atoms with Crippen LogP contribution in [0.5, 0.6) is 0 Å². The number of carbonyl (C=O) groups excluding carboxylic acids is 1. The lowest BCUT2D eigenvalue weighted by Crippen LogP contribution is -2.41. The quantitative estimate of drug-likeness (QED) is 0.777. The van der Waals surface area contributed by atoms with Crippen LogP contribution in [0.2, 0.25) is 0 Å². The summed E-state index contributed by atoms with van der Waals surface area (Å²) in [6.07, 6.45) is 4.50. The predicted octanol–water partition coefficient (Wildman–Crippen LogP) is 2.07.